The average Bonchev–Trinajstić information content (AvgIpc) is 3.37. The fourth-order valence-electron chi connectivity index (χ4n) is 4.85. The van der Waals surface area contributed by atoms with E-state index in [1.807, 2.05) is 24.3 Å². The second-order valence-corrected chi connectivity index (χ2v) is 9.05. The van der Waals surface area contributed by atoms with E-state index in [9.17, 15) is 9.59 Å². The van der Waals surface area contributed by atoms with E-state index in [1.54, 1.807) is 43.6 Å². The van der Waals surface area contributed by atoms with Crippen molar-refractivity contribution in [3.8, 4) is 28.2 Å². The number of pyridine rings is 1. The lowest BCUT2D eigenvalue weighted by atomic mass is 9.94. The quantitative estimate of drug-likeness (QED) is 0.227. The van der Waals surface area contributed by atoms with E-state index in [4.69, 9.17) is 20.7 Å². The first kappa shape index (κ1) is 23.6. The number of hydrazine groups is 1. The van der Waals surface area contributed by atoms with Crippen molar-refractivity contribution in [2.75, 3.05) is 7.11 Å². The molecular formula is C28H28N4O4. The number of carbonyl (C=O) groups excluding carboxylic acids is 2. The molecule has 36 heavy (non-hydrogen) atoms. The van der Waals surface area contributed by atoms with Gasteiger partial charge >= 0.3 is 0 Å². The van der Waals surface area contributed by atoms with E-state index < -0.39 is 5.91 Å². The Kier molecular flexibility index (Phi) is 6.43. The van der Waals surface area contributed by atoms with Crippen molar-refractivity contribution in [2.24, 2.45) is 11.6 Å². The fraction of sp³-hybridized carbons (Fsp3) is 0.250. The Hall–Kier alpha value is -4.17. The van der Waals surface area contributed by atoms with Crippen molar-refractivity contribution in [3.63, 3.8) is 0 Å². The summed E-state index contributed by atoms with van der Waals surface area (Å²) in [4.78, 5) is 29.3. The first-order valence-electron chi connectivity index (χ1n) is 12.0. The van der Waals surface area contributed by atoms with Crippen molar-refractivity contribution in [1.29, 1.82) is 0 Å². The van der Waals surface area contributed by atoms with Crippen LogP contribution < -0.4 is 16.3 Å². The van der Waals surface area contributed by atoms with Gasteiger partial charge in [-0.25, -0.2) is 5.84 Å². The van der Waals surface area contributed by atoms with Crippen LogP contribution in [-0.2, 0) is 0 Å². The molecule has 0 spiro atoms. The van der Waals surface area contributed by atoms with Crippen LogP contribution >= 0.6 is 0 Å². The van der Waals surface area contributed by atoms with Gasteiger partial charge in [-0.1, -0.05) is 31.4 Å². The van der Waals surface area contributed by atoms with Crippen molar-refractivity contribution in [3.05, 3.63) is 71.9 Å². The molecule has 2 aromatic heterocycles. The van der Waals surface area contributed by atoms with Gasteiger partial charge in [0.15, 0.2) is 5.58 Å². The molecule has 1 saturated carbocycles. The number of carbonyl (C=O) groups is 2. The van der Waals surface area contributed by atoms with Gasteiger partial charge in [0.2, 0.25) is 5.91 Å². The number of rotatable bonds is 6. The fourth-order valence-corrected chi connectivity index (χ4v) is 4.85. The van der Waals surface area contributed by atoms with Crippen LogP contribution in [0.1, 0.15) is 52.8 Å². The van der Waals surface area contributed by atoms with Crippen LogP contribution in [0.2, 0.25) is 0 Å². The third-order valence-electron chi connectivity index (χ3n) is 6.78. The number of furan rings is 1. The first-order valence-corrected chi connectivity index (χ1v) is 12.0. The number of nitrogens with two attached hydrogens (primary N) is 2. The number of methoxy groups -OCH3 is 1. The lowest BCUT2D eigenvalue weighted by Crippen LogP contribution is -2.46. The van der Waals surface area contributed by atoms with Gasteiger partial charge in [0.25, 0.3) is 5.91 Å². The molecule has 1 aliphatic carbocycles. The lowest BCUT2D eigenvalue weighted by Gasteiger charge is -2.30. The predicted octanol–water partition coefficient (Wildman–Crippen LogP) is 4.92. The zero-order chi connectivity index (χ0) is 25.2. The van der Waals surface area contributed by atoms with Gasteiger partial charge in [0, 0.05) is 35.0 Å². The smallest absolute Gasteiger partial charge is 0.268 e. The van der Waals surface area contributed by atoms with Crippen LogP contribution in [0.15, 0.2) is 65.2 Å². The van der Waals surface area contributed by atoms with Crippen molar-refractivity contribution >= 4 is 22.9 Å². The van der Waals surface area contributed by atoms with E-state index >= 15 is 0 Å². The summed E-state index contributed by atoms with van der Waals surface area (Å²) in [5.74, 6) is 6.54. The summed E-state index contributed by atoms with van der Waals surface area (Å²) in [5, 5.41) is 1.39. The standard InChI is InChI=1S/C28H28N4O4/c1-35-24-11-10-18(27(29)33)15-22(24)25-16-23-26(36-25)21(12-13-31-23)17-6-5-7-19(14-17)28(34)32(30)20-8-3-2-4-9-20/h5-7,10-16,20H,2-4,8-9,30H2,1H3,(H2,29,33). The Morgan fingerprint density at radius 2 is 1.81 bits per heavy atom. The molecule has 4 N–H and O–H groups in total. The minimum absolute atomic E-state index is 0.0707. The summed E-state index contributed by atoms with van der Waals surface area (Å²) in [6, 6.07) is 16.0. The summed E-state index contributed by atoms with van der Waals surface area (Å²) >= 11 is 0. The maximum atomic E-state index is 13.2. The number of nitrogens with zero attached hydrogens (tertiary/aromatic N) is 2. The second kappa shape index (κ2) is 9.83. The highest BCUT2D eigenvalue weighted by molar-refractivity contribution is 5.98. The Balaban J connectivity index is 1.53. The molecule has 5 rings (SSSR count). The Morgan fingerprint density at radius 1 is 1.00 bits per heavy atom. The minimum Gasteiger partial charge on any atom is -0.496 e. The molecule has 2 amide bonds. The number of primary amides is 1. The summed E-state index contributed by atoms with van der Waals surface area (Å²) in [6.45, 7) is 0. The summed E-state index contributed by atoms with van der Waals surface area (Å²) in [5.41, 5.74) is 9.71. The van der Waals surface area contributed by atoms with Crippen LogP contribution in [0.3, 0.4) is 0 Å². The molecular weight excluding hydrogens is 456 g/mol. The highest BCUT2D eigenvalue weighted by Gasteiger charge is 2.24. The van der Waals surface area contributed by atoms with Gasteiger partial charge in [-0.2, -0.15) is 0 Å². The van der Waals surface area contributed by atoms with Crippen molar-refractivity contribution < 1.29 is 18.7 Å². The molecule has 184 valence electrons. The predicted molar refractivity (Wildman–Crippen MR) is 137 cm³/mol. The maximum Gasteiger partial charge on any atom is 0.268 e. The number of fused-ring (bicyclic) bond motifs is 1. The number of amides is 2. The normalized spacial score (nSPS) is 14.1. The summed E-state index contributed by atoms with van der Waals surface area (Å²) in [7, 11) is 1.55. The van der Waals surface area contributed by atoms with E-state index in [1.165, 1.54) is 11.4 Å². The summed E-state index contributed by atoms with van der Waals surface area (Å²) < 4.78 is 11.7. The van der Waals surface area contributed by atoms with Crippen LogP contribution in [-0.4, -0.2) is 35.0 Å². The molecule has 0 unspecified atom stereocenters. The molecule has 0 atom stereocenters. The molecule has 0 radical (unpaired) electrons. The Labute approximate surface area is 208 Å². The number of hydrogen-bond donors (Lipinski definition) is 2. The SMILES string of the molecule is COc1ccc(C(N)=O)cc1-c1cc2nccc(-c3cccc(C(=O)N(N)C4CCCCC4)c3)c2o1. The highest BCUT2D eigenvalue weighted by Crippen LogP contribution is 2.38. The van der Waals surface area contributed by atoms with Gasteiger partial charge in [0.1, 0.15) is 17.0 Å². The molecule has 2 aromatic carbocycles. The third-order valence-corrected chi connectivity index (χ3v) is 6.78. The molecule has 4 aromatic rings. The van der Waals surface area contributed by atoms with E-state index in [0.29, 0.717) is 39.3 Å². The molecule has 8 nitrogen and oxygen atoms in total. The number of hydrogen-bond acceptors (Lipinski definition) is 6. The monoisotopic (exact) mass is 484 g/mol. The van der Waals surface area contributed by atoms with Crippen molar-refractivity contribution in [1.82, 2.24) is 9.99 Å². The van der Waals surface area contributed by atoms with E-state index in [0.717, 1.165) is 36.8 Å². The van der Waals surface area contributed by atoms with Crippen LogP contribution in [0.25, 0.3) is 33.6 Å². The first-order chi connectivity index (χ1) is 17.5. The molecule has 0 aliphatic heterocycles. The van der Waals surface area contributed by atoms with Gasteiger partial charge in [-0.3, -0.25) is 19.6 Å². The largest absolute Gasteiger partial charge is 0.496 e. The van der Waals surface area contributed by atoms with Crippen LogP contribution in [0.4, 0.5) is 0 Å². The van der Waals surface area contributed by atoms with Gasteiger partial charge in [0.05, 0.1) is 12.7 Å². The van der Waals surface area contributed by atoms with E-state index in [2.05, 4.69) is 4.98 Å². The molecule has 8 heteroatoms. The lowest BCUT2D eigenvalue weighted by molar-refractivity contribution is 0.0633. The maximum absolute atomic E-state index is 13.2. The third kappa shape index (κ3) is 4.43. The number of aromatic nitrogens is 1. The van der Waals surface area contributed by atoms with Crippen LogP contribution in [0.5, 0.6) is 5.75 Å². The molecule has 2 heterocycles. The van der Waals surface area contributed by atoms with E-state index in [-0.39, 0.29) is 11.9 Å². The van der Waals surface area contributed by atoms with Gasteiger partial charge < -0.3 is 14.9 Å². The Morgan fingerprint density at radius 3 is 2.56 bits per heavy atom. The molecule has 1 fully saturated rings. The highest BCUT2D eigenvalue weighted by atomic mass is 16.5. The number of benzene rings is 2. The second-order valence-electron chi connectivity index (χ2n) is 9.05. The average molecular weight is 485 g/mol. The molecule has 1 aliphatic rings. The van der Waals surface area contributed by atoms with Gasteiger partial charge in [-0.15, -0.1) is 0 Å². The molecule has 0 saturated heterocycles. The minimum atomic E-state index is -0.544. The summed E-state index contributed by atoms with van der Waals surface area (Å²) in [6.07, 6.45) is 6.93. The zero-order valence-electron chi connectivity index (χ0n) is 20.1. The zero-order valence-corrected chi connectivity index (χ0v) is 20.1. The van der Waals surface area contributed by atoms with Crippen molar-refractivity contribution in [2.45, 2.75) is 38.1 Å². The number of ether oxygens (including phenoxy) is 1. The Bertz CT molecular complexity index is 1440. The molecule has 0 bridgehead atoms. The van der Waals surface area contributed by atoms with Crippen LogP contribution in [0, 0.1) is 0 Å². The topological polar surface area (TPSA) is 125 Å². The van der Waals surface area contributed by atoms with Gasteiger partial charge in [-0.05, 0) is 54.8 Å².